The Labute approximate surface area is 193 Å². The van der Waals surface area contributed by atoms with E-state index in [4.69, 9.17) is 28.9 Å². The number of piperazine rings is 1. The molecule has 0 spiro atoms. The van der Waals surface area contributed by atoms with Crippen molar-refractivity contribution in [3.05, 3.63) is 38.8 Å². The number of nitrogens with two attached hydrogens (primary N) is 1. The molecular weight excluding hydrogens is 437 g/mol. The highest BCUT2D eigenvalue weighted by Gasteiger charge is 2.27. The van der Waals surface area contributed by atoms with Crippen LogP contribution in [-0.2, 0) is 12.8 Å². The van der Waals surface area contributed by atoms with E-state index in [1.807, 2.05) is 12.1 Å². The predicted molar refractivity (Wildman–Crippen MR) is 129 cm³/mol. The van der Waals surface area contributed by atoms with Gasteiger partial charge in [0.15, 0.2) is 5.13 Å². The van der Waals surface area contributed by atoms with Crippen molar-refractivity contribution in [2.24, 2.45) is 0 Å². The fraction of sp³-hybridized carbons (Fsp3) is 0.591. The molecule has 1 aromatic heterocycles. The molecule has 2 aliphatic rings. The monoisotopic (exact) mass is 467 g/mol. The Morgan fingerprint density at radius 3 is 2.77 bits per heavy atom. The summed E-state index contributed by atoms with van der Waals surface area (Å²) in [5.41, 5.74) is 8.22. The Kier molecular flexibility index (Phi) is 7.42. The fourth-order valence-electron chi connectivity index (χ4n) is 4.67. The number of nitrogen functional groups attached to an aromatic ring is 1. The number of anilines is 2. The maximum Gasteiger partial charge on any atom is 0.180 e. The van der Waals surface area contributed by atoms with Gasteiger partial charge in [0.05, 0.1) is 21.4 Å². The molecule has 0 radical (unpaired) electrons. The molecule has 2 heterocycles. The highest BCUT2D eigenvalue weighted by Crippen LogP contribution is 2.33. The molecule has 2 N–H and O–H groups in total. The number of hydrogen-bond acceptors (Lipinski definition) is 6. The molecule has 1 aliphatic heterocycles. The second-order valence-corrected chi connectivity index (χ2v) is 10.2. The van der Waals surface area contributed by atoms with Gasteiger partial charge in [-0.1, -0.05) is 36.2 Å². The molecule has 1 atom stereocenters. The first-order valence-electron chi connectivity index (χ1n) is 10.9. The molecule has 1 aromatic carbocycles. The van der Waals surface area contributed by atoms with Gasteiger partial charge < -0.3 is 10.6 Å². The summed E-state index contributed by atoms with van der Waals surface area (Å²) in [7, 11) is 0. The molecule has 8 heteroatoms. The van der Waals surface area contributed by atoms with Crippen molar-refractivity contribution in [1.29, 1.82) is 0 Å². The van der Waals surface area contributed by atoms with Gasteiger partial charge in [0, 0.05) is 50.2 Å². The lowest BCUT2D eigenvalue weighted by atomic mass is 9.96. The minimum Gasteiger partial charge on any atom is -0.375 e. The molecule has 0 bridgehead atoms. The molecule has 164 valence electrons. The highest BCUT2D eigenvalue weighted by atomic mass is 35.5. The zero-order valence-corrected chi connectivity index (χ0v) is 19.9. The number of rotatable bonds is 7. The molecule has 4 rings (SSSR count). The van der Waals surface area contributed by atoms with E-state index in [1.165, 1.54) is 23.4 Å². The number of fused-ring (bicyclic) bond motifs is 1. The Morgan fingerprint density at radius 2 is 2.00 bits per heavy atom. The lowest BCUT2D eigenvalue weighted by Crippen LogP contribution is -2.50. The standard InChI is InChI=1S/C22H31Cl2N5S/c1-2-8-28(16-6-7-18-20(15-16)30-22(25)26-18)12-9-27-10-13-29(14-11-27)19-5-3-4-17(23)21(19)24/h3-5,16H,2,6-15H2,1H3,(H2,25,26)/t16-/m0/s1. The quantitative estimate of drug-likeness (QED) is 0.652. The smallest absolute Gasteiger partial charge is 0.180 e. The molecule has 0 unspecified atom stereocenters. The minimum absolute atomic E-state index is 0.615. The van der Waals surface area contributed by atoms with Gasteiger partial charge in [-0.05, 0) is 44.4 Å². The number of nitrogens with zero attached hydrogens (tertiary/aromatic N) is 4. The summed E-state index contributed by atoms with van der Waals surface area (Å²) in [5, 5.41) is 2.02. The van der Waals surface area contributed by atoms with Crippen molar-refractivity contribution in [2.75, 3.05) is 56.4 Å². The number of halogens is 2. The van der Waals surface area contributed by atoms with Crippen molar-refractivity contribution < 1.29 is 0 Å². The van der Waals surface area contributed by atoms with Crippen LogP contribution < -0.4 is 10.6 Å². The molecule has 5 nitrogen and oxygen atoms in total. The normalized spacial score (nSPS) is 20.0. The summed E-state index contributed by atoms with van der Waals surface area (Å²) in [6.45, 7) is 9.77. The van der Waals surface area contributed by atoms with Crippen molar-refractivity contribution in [2.45, 2.75) is 38.6 Å². The van der Waals surface area contributed by atoms with Gasteiger partial charge in [-0.15, -0.1) is 11.3 Å². The van der Waals surface area contributed by atoms with Gasteiger partial charge in [0.25, 0.3) is 0 Å². The van der Waals surface area contributed by atoms with Crippen LogP contribution in [0.2, 0.25) is 10.0 Å². The summed E-state index contributed by atoms with van der Waals surface area (Å²) < 4.78 is 0. The van der Waals surface area contributed by atoms with Crippen LogP contribution in [-0.4, -0.2) is 66.6 Å². The van der Waals surface area contributed by atoms with E-state index in [0.717, 1.165) is 69.5 Å². The van der Waals surface area contributed by atoms with Crippen LogP contribution in [0.4, 0.5) is 10.8 Å². The van der Waals surface area contributed by atoms with Crippen molar-refractivity contribution in [1.82, 2.24) is 14.8 Å². The van der Waals surface area contributed by atoms with E-state index in [9.17, 15) is 0 Å². The first-order valence-corrected chi connectivity index (χ1v) is 12.5. The zero-order valence-electron chi connectivity index (χ0n) is 17.6. The molecule has 0 saturated carbocycles. The van der Waals surface area contributed by atoms with Gasteiger partial charge in [0.1, 0.15) is 0 Å². The summed E-state index contributed by atoms with van der Waals surface area (Å²) in [5.74, 6) is 0. The number of benzene rings is 1. The third kappa shape index (κ3) is 5.05. The fourth-order valence-corrected chi connectivity index (χ4v) is 6.04. The maximum absolute atomic E-state index is 6.42. The number of aromatic nitrogens is 1. The van der Waals surface area contributed by atoms with Gasteiger partial charge in [0.2, 0.25) is 0 Å². The largest absolute Gasteiger partial charge is 0.375 e. The molecular formula is C22H31Cl2N5S. The summed E-state index contributed by atoms with van der Waals surface area (Å²) in [4.78, 5) is 13.5. The van der Waals surface area contributed by atoms with Crippen molar-refractivity contribution in [3.63, 3.8) is 0 Å². The lowest BCUT2D eigenvalue weighted by molar-refractivity contribution is 0.146. The number of thiazole rings is 1. The summed E-state index contributed by atoms with van der Waals surface area (Å²) >= 11 is 14.3. The lowest BCUT2D eigenvalue weighted by Gasteiger charge is -2.39. The molecule has 0 amide bonds. The van der Waals surface area contributed by atoms with E-state index in [-0.39, 0.29) is 0 Å². The maximum atomic E-state index is 6.42. The van der Waals surface area contributed by atoms with Crippen molar-refractivity contribution >= 4 is 45.4 Å². The van der Waals surface area contributed by atoms with Crippen LogP contribution in [0.15, 0.2) is 18.2 Å². The topological polar surface area (TPSA) is 48.6 Å². The first kappa shape index (κ1) is 22.2. The van der Waals surface area contributed by atoms with E-state index >= 15 is 0 Å². The molecule has 1 fully saturated rings. The van der Waals surface area contributed by atoms with Crippen LogP contribution in [0.1, 0.15) is 30.3 Å². The van der Waals surface area contributed by atoms with Gasteiger partial charge in [-0.3, -0.25) is 9.80 Å². The number of aryl methyl sites for hydroxylation is 1. The first-order chi connectivity index (χ1) is 14.5. The van der Waals surface area contributed by atoms with E-state index in [0.29, 0.717) is 16.1 Å². The SMILES string of the molecule is CCCN(CCN1CCN(c2cccc(Cl)c2Cl)CC1)[C@H]1CCc2nc(N)sc2C1. The average molecular weight is 468 g/mol. The molecule has 1 saturated heterocycles. The van der Waals surface area contributed by atoms with Crippen LogP contribution in [0.25, 0.3) is 0 Å². The van der Waals surface area contributed by atoms with E-state index in [1.54, 1.807) is 11.3 Å². The molecule has 2 aromatic rings. The predicted octanol–water partition coefficient (Wildman–Crippen LogP) is 4.42. The van der Waals surface area contributed by atoms with E-state index < -0.39 is 0 Å². The highest BCUT2D eigenvalue weighted by molar-refractivity contribution is 7.15. The van der Waals surface area contributed by atoms with Crippen LogP contribution in [0.3, 0.4) is 0 Å². The second kappa shape index (κ2) is 10.0. The third-order valence-electron chi connectivity index (χ3n) is 6.31. The molecule has 1 aliphatic carbocycles. The summed E-state index contributed by atoms with van der Waals surface area (Å²) in [6.07, 6.45) is 4.55. The van der Waals surface area contributed by atoms with Gasteiger partial charge in [-0.2, -0.15) is 0 Å². The summed E-state index contributed by atoms with van der Waals surface area (Å²) in [6, 6.07) is 6.51. The van der Waals surface area contributed by atoms with Crippen LogP contribution >= 0.6 is 34.5 Å². The zero-order chi connectivity index (χ0) is 21.1. The Hall–Kier alpha value is -1.05. The van der Waals surface area contributed by atoms with Crippen LogP contribution in [0.5, 0.6) is 0 Å². The second-order valence-electron chi connectivity index (χ2n) is 8.26. The van der Waals surface area contributed by atoms with Crippen LogP contribution in [0, 0.1) is 0 Å². The van der Waals surface area contributed by atoms with Gasteiger partial charge >= 0.3 is 0 Å². The van der Waals surface area contributed by atoms with E-state index in [2.05, 4.69) is 32.7 Å². The Morgan fingerprint density at radius 1 is 1.20 bits per heavy atom. The Balaban J connectivity index is 1.29. The third-order valence-corrected chi connectivity index (χ3v) is 8.06. The molecule has 30 heavy (non-hydrogen) atoms. The Bertz CT molecular complexity index is 850. The van der Waals surface area contributed by atoms with Gasteiger partial charge in [-0.25, -0.2) is 4.98 Å². The van der Waals surface area contributed by atoms with Crippen molar-refractivity contribution in [3.8, 4) is 0 Å². The minimum atomic E-state index is 0.615. The average Bonchev–Trinajstić information content (AvgIpc) is 3.13. The number of hydrogen-bond donors (Lipinski definition) is 1.